The number of aliphatic hydroxyl groups is 1. The molecule has 0 amide bonds. The van der Waals surface area contributed by atoms with E-state index >= 15 is 0 Å². The molecule has 130 valence electrons. The Hall–Kier alpha value is -1.79. The van der Waals surface area contributed by atoms with Crippen LogP contribution in [0.1, 0.15) is 36.9 Å². The zero-order chi connectivity index (χ0) is 16.9. The Morgan fingerprint density at radius 1 is 1.29 bits per heavy atom. The number of aromatic nitrogens is 3. The number of hydrogen-bond donors (Lipinski definition) is 2. The van der Waals surface area contributed by atoms with Crippen molar-refractivity contribution in [1.29, 1.82) is 0 Å². The second kappa shape index (κ2) is 7.85. The number of aryl methyl sites for hydroxylation is 2. The first-order valence-corrected chi connectivity index (χ1v) is 8.87. The van der Waals surface area contributed by atoms with E-state index in [1.54, 1.807) is 6.33 Å². The number of piperidine rings is 1. The van der Waals surface area contributed by atoms with Gasteiger partial charge in [0.25, 0.3) is 0 Å². The van der Waals surface area contributed by atoms with Crippen molar-refractivity contribution >= 4 is 16.9 Å². The average molecular weight is 329 g/mol. The normalized spacial score (nSPS) is 18.9. The Bertz CT molecular complexity index is 690. The summed E-state index contributed by atoms with van der Waals surface area (Å²) in [6.45, 7) is 7.30. The molecular weight excluding hydrogens is 302 g/mol. The van der Waals surface area contributed by atoms with E-state index in [1.807, 2.05) is 6.92 Å². The molecular formula is C18H27N5O. The summed E-state index contributed by atoms with van der Waals surface area (Å²) < 4.78 is 0. The summed E-state index contributed by atoms with van der Waals surface area (Å²) >= 11 is 0. The van der Waals surface area contributed by atoms with E-state index in [-0.39, 0.29) is 6.61 Å². The maximum absolute atomic E-state index is 9.49. The summed E-state index contributed by atoms with van der Waals surface area (Å²) in [4.78, 5) is 15.6. The third-order valence-electron chi connectivity index (χ3n) is 4.80. The van der Waals surface area contributed by atoms with Gasteiger partial charge in [-0.25, -0.2) is 15.0 Å². The van der Waals surface area contributed by atoms with E-state index < -0.39 is 0 Å². The molecule has 0 aromatic carbocycles. The summed E-state index contributed by atoms with van der Waals surface area (Å²) in [6.07, 6.45) is 6.19. The highest BCUT2D eigenvalue weighted by Gasteiger charge is 2.20. The van der Waals surface area contributed by atoms with E-state index in [2.05, 4.69) is 38.2 Å². The van der Waals surface area contributed by atoms with Gasteiger partial charge in [-0.3, -0.25) is 4.90 Å². The van der Waals surface area contributed by atoms with Crippen molar-refractivity contribution in [3.05, 3.63) is 23.7 Å². The van der Waals surface area contributed by atoms with Gasteiger partial charge in [0.05, 0.1) is 12.0 Å². The molecule has 1 fully saturated rings. The lowest BCUT2D eigenvalue weighted by Crippen LogP contribution is -2.42. The second-order valence-electron chi connectivity index (χ2n) is 6.65. The molecule has 24 heavy (non-hydrogen) atoms. The van der Waals surface area contributed by atoms with Crippen molar-refractivity contribution in [3.63, 3.8) is 0 Å². The van der Waals surface area contributed by atoms with E-state index in [0.29, 0.717) is 6.04 Å². The number of nitrogens with zero attached hydrogens (tertiary/aromatic N) is 4. The van der Waals surface area contributed by atoms with Crippen LogP contribution >= 0.6 is 0 Å². The highest BCUT2D eigenvalue weighted by atomic mass is 16.3. The van der Waals surface area contributed by atoms with Crippen LogP contribution in [0, 0.1) is 13.8 Å². The molecule has 0 aliphatic carbocycles. The quantitative estimate of drug-likeness (QED) is 0.792. The lowest BCUT2D eigenvalue weighted by molar-refractivity contribution is 0.0901. The van der Waals surface area contributed by atoms with Gasteiger partial charge < -0.3 is 10.4 Å². The highest BCUT2D eigenvalue weighted by molar-refractivity contribution is 5.89. The predicted molar refractivity (Wildman–Crippen MR) is 96.2 cm³/mol. The smallest absolute Gasteiger partial charge is 0.165 e. The van der Waals surface area contributed by atoms with Gasteiger partial charge in [0.15, 0.2) is 5.65 Å². The number of likely N-dealkylation sites (tertiary alicyclic amines) is 1. The minimum atomic E-state index is 0.272. The molecule has 1 aliphatic heterocycles. The van der Waals surface area contributed by atoms with Crippen molar-refractivity contribution in [3.8, 4) is 0 Å². The van der Waals surface area contributed by atoms with Crippen molar-refractivity contribution in [2.75, 3.05) is 31.6 Å². The number of hydrogen-bond acceptors (Lipinski definition) is 6. The SMILES string of the molecule is Cc1cc(C)c2c(NCCCN3CCCC[C@@H]3CO)ncnc2n1. The fourth-order valence-electron chi connectivity index (χ4n) is 3.59. The van der Waals surface area contributed by atoms with E-state index in [0.717, 1.165) is 60.6 Å². The summed E-state index contributed by atoms with van der Waals surface area (Å²) in [5.74, 6) is 0.863. The molecule has 1 saturated heterocycles. The topological polar surface area (TPSA) is 74.2 Å². The number of anilines is 1. The van der Waals surface area contributed by atoms with Gasteiger partial charge in [-0.05, 0) is 51.3 Å². The predicted octanol–water partition coefficient (Wildman–Crippen LogP) is 2.29. The van der Waals surface area contributed by atoms with Crippen molar-refractivity contribution in [2.45, 2.75) is 45.6 Å². The van der Waals surface area contributed by atoms with Gasteiger partial charge in [0.2, 0.25) is 0 Å². The zero-order valence-corrected chi connectivity index (χ0v) is 14.6. The molecule has 0 spiro atoms. The molecule has 3 heterocycles. The Morgan fingerprint density at radius 3 is 3.00 bits per heavy atom. The van der Waals surface area contributed by atoms with Gasteiger partial charge in [0, 0.05) is 24.8 Å². The number of fused-ring (bicyclic) bond motifs is 1. The number of nitrogens with one attached hydrogen (secondary N) is 1. The van der Waals surface area contributed by atoms with E-state index in [1.165, 1.54) is 12.8 Å². The first-order valence-electron chi connectivity index (χ1n) is 8.87. The van der Waals surface area contributed by atoms with Crippen LogP contribution in [-0.2, 0) is 0 Å². The largest absolute Gasteiger partial charge is 0.395 e. The lowest BCUT2D eigenvalue weighted by atomic mass is 10.0. The lowest BCUT2D eigenvalue weighted by Gasteiger charge is -2.34. The molecule has 6 heteroatoms. The molecule has 0 bridgehead atoms. The average Bonchev–Trinajstić information content (AvgIpc) is 2.58. The summed E-state index contributed by atoms with van der Waals surface area (Å²) in [5, 5.41) is 13.9. The Kier molecular flexibility index (Phi) is 5.58. The van der Waals surface area contributed by atoms with Gasteiger partial charge in [-0.1, -0.05) is 6.42 Å². The number of pyridine rings is 1. The van der Waals surface area contributed by atoms with Crippen LogP contribution in [0.5, 0.6) is 0 Å². The first-order chi connectivity index (χ1) is 11.7. The van der Waals surface area contributed by atoms with Crippen LogP contribution in [0.15, 0.2) is 12.4 Å². The molecule has 6 nitrogen and oxygen atoms in total. The minimum absolute atomic E-state index is 0.272. The summed E-state index contributed by atoms with van der Waals surface area (Å²) in [5.41, 5.74) is 2.88. The summed E-state index contributed by atoms with van der Waals surface area (Å²) in [7, 11) is 0. The van der Waals surface area contributed by atoms with Crippen molar-refractivity contribution in [1.82, 2.24) is 19.9 Å². The van der Waals surface area contributed by atoms with Crippen LogP contribution in [-0.4, -0.2) is 57.2 Å². The fourth-order valence-corrected chi connectivity index (χ4v) is 3.59. The second-order valence-corrected chi connectivity index (χ2v) is 6.65. The number of rotatable bonds is 6. The number of aliphatic hydroxyl groups excluding tert-OH is 1. The summed E-state index contributed by atoms with van der Waals surface area (Å²) in [6, 6.07) is 2.41. The Balaban J connectivity index is 1.60. The molecule has 0 saturated carbocycles. The van der Waals surface area contributed by atoms with Crippen LogP contribution in [0.2, 0.25) is 0 Å². The fraction of sp³-hybridized carbons (Fsp3) is 0.611. The van der Waals surface area contributed by atoms with Gasteiger partial charge >= 0.3 is 0 Å². The first kappa shape index (κ1) is 17.0. The molecule has 0 radical (unpaired) electrons. The van der Waals surface area contributed by atoms with Crippen molar-refractivity contribution < 1.29 is 5.11 Å². The molecule has 2 aromatic heterocycles. The maximum atomic E-state index is 9.49. The highest BCUT2D eigenvalue weighted by Crippen LogP contribution is 2.22. The Labute approximate surface area is 143 Å². The molecule has 2 aromatic rings. The molecule has 2 N–H and O–H groups in total. The van der Waals surface area contributed by atoms with Gasteiger partial charge in [-0.2, -0.15) is 0 Å². The third-order valence-corrected chi connectivity index (χ3v) is 4.80. The zero-order valence-electron chi connectivity index (χ0n) is 14.6. The van der Waals surface area contributed by atoms with Crippen LogP contribution in [0.25, 0.3) is 11.0 Å². The van der Waals surface area contributed by atoms with E-state index in [4.69, 9.17) is 0 Å². The molecule has 0 unspecified atom stereocenters. The standard InChI is InChI=1S/C18H27N5O/c1-13-10-14(2)22-18-16(13)17(20-12-21-18)19-7-5-9-23-8-4-3-6-15(23)11-24/h10,12,15,24H,3-9,11H2,1-2H3,(H,19,20,21,22)/t15-/m1/s1. The third kappa shape index (κ3) is 3.82. The molecule has 3 rings (SSSR count). The van der Waals surface area contributed by atoms with Crippen molar-refractivity contribution in [2.24, 2.45) is 0 Å². The maximum Gasteiger partial charge on any atom is 0.165 e. The van der Waals surface area contributed by atoms with Gasteiger partial charge in [0.1, 0.15) is 12.1 Å². The van der Waals surface area contributed by atoms with Crippen LogP contribution < -0.4 is 5.32 Å². The van der Waals surface area contributed by atoms with Gasteiger partial charge in [-0.15, -0.1) is 0 Å². The molecule has 1 atom stereocenters. The molecule has 1 aliphatic rings. The van der Waals surface area contributed by atoms with Crippen LogP contribution in [0.4, 0.5) is 5.82 Å². The van der Waals surface area contributed by atoms with E-state index in [9.17, 15) is 5.11 Å². The van der Waals surface area contributed by atoms with Crippen LogP contribution in [0.3, 0.4) is 0 Å². The minimum Gasteiger partial charge on any atom is -0.395 e. The Morgan fingerprint density at radius 2 is 2.17 bits per heavy atom. The monoisotopic (exact) mass is 329 g/mol.